The van der Waals surface area contributed by atoms with E-state index in [0.717, 1.165) is 22.0 Å². The van der Waals surface area contributed by atoms with Gasteiger partial charge < -0.3 is 14.4 Å². The number of halogens is 3. The van der Waals surface area contributed by atoms with E-state index in [4.69, 9.17) is 0 Å². The van der Waals surface area contributed by atoms with Gasteiger partial charge in [-0.25, -0.2) is 0 Å². The number of pyridine rings is 1. The number of nitrogens with one attached hydrogen (secondary N) is 1. The van der Waals surface area contributed by atoms with E-state index in [9.17, 15) is 18.0 Å². The van der Waals surface area contributed by atoms with Crippen molar-refractivity contribution in [1.82, 2.24) is 25.0 Å². The number of aromatic nitrogens is 4. The second kappa shape index (κ2) is 7.62. The van der Waals surface area contributed by atoms with Crippen LogP contribution in [0, 0.1) is 6.92 Å². The summed E-state index contributed by atoms with van der Waals surface area (Å²) in [5, 5.41) is 7.04. The molecule has 0 saturated heterocycles. The Morgan fingerprint density at radius 2 is 2.10 bits per heavy atom. The van der Waals surface area contributed by atoms with Crippen molar-refractivity contribution in [2.45, 2.75) is 26.2 Å². The fourth-order valence-corrected chi connectivity index (χ4v) is 3.11. The Balaban J connectivity index is 1.53. The molecule has 7 nitrogen and oxygen atoms in total. The van der Waals surface area contributed by atoms with E-state index >= 15 is 0 Å². The number of fused-ring (bicyclic) bond motifs is 1. The topological polar surface area (TPSA) is 85.8 Å². The van der Waals surface area contributed by atoms with Gasteiger partial charge in [-0.2, -0.15) is 18.2 Å². The molecule has 0 aliphatic carbocycles. The van der Waals surface area contributed by atoms with E-state index in [1.165, 1.54) is 0 Å². The molecule has 1 amide bonds. The molecule has 3 heterocycles. The van der Waals surface area contributed by atoms with Crippen LogP contribution in [0.4, 0.5) is 13.2 Å². The predicted octanol–water partition coefficient (Wildman–Crippen LogP) is 3.73. The molecule has 0 atom stereocenters. The maximum absolute atomic E-state index is 12.7. The van der Waals surface area contributed by atoms with Gasteiger partial charge in [0.1, 0.15) is 6.54 Å². The van der Waals surface area contributed by atoms with Gasteiger partial charge in [0.05, 0.1) is 0 Å². The minimum absolute atomic E-state index is 0.102. The standard InChI is InChI=1S/C20H16F3N5O2/c1-12-10-28(11-17(29)25-9-13-3-2-6-24-8-13)16-5-4-14(7-15(12)16)18-26-19(30-27-18)20(21,22)23/h2-8,10H,9,11H2,1H3,(H,25,29). The molecule has 0 aliphatic heterocycles. The van der Waals surface area contributed by atoms with Crippen LogP contribution >= 0.6 is 0 Å². The summed E-state index contributed by atoms with van der Waals surface area (Å²) in [5.41, 5.74) is 2.92. The van der Waals surface area contributed by atoms with Crippen LogP contribution in [-0.2, 0) is 24.1 Å². The summed E-state index contributed by atoms with van der Waals surface area (Å²) in [6.45, 7) is 2.33. The number of amides is 1. The first-order chi connectivity index (χ1) is 14.3. The van der Waals surface area contributed by atoms with Crippen LogP contribution in [-0.4, -0.2) is 25.6 Å². The Bertz CT molecular complexity index is 1200. The van der Waals surface area contributed by atoms with Crippen molar-refractivity contribution in [2.24, 2.45) is 0 Å². The second-order valence-corrected chi connectivity index (χ2v) is 6.73. The third-order valence-corrected chi connectivity index (χ3v) is 4.53. The molecule has 1 aromatic carbocycles. The number of carbonyl (C=O) groups excluding carboxylic acids is 1. The lowest BCUT2D eigenvalue weighted by Gasteiger charge is -2.07. The SMILES string of the molecule is Cc1cn(CC(=O)NCc2cccnc2)c2ccc(-c3noc(C(F)(F)F)n3)cc12. The molecule has 30 heavy (non-hydrogen) atoms. The molecule has 0 radical (unpaired) electrons. The maximum Gasteiger partial charge on any atom is 0.471 e. The van der Waals surface area contributed by atoms with Gasteiger partial charge in [0.2, 0.25) is 11.7 Å². The van der Waals surface area contributed by atoms with Crippen molar-refractivity contribution in [2.75, 3.05) is 0 Å². The molecular weight excluding hydrogens is 399 g/mol. The number of hydrogen-bond donors (Lipinski definition) is 1. The van der Waals surface area contributed by atoms with Crippen molar-refractivity contribution >= 4 is 16.8 Å². The average molecular weight is 415 g/mol. The molecule has 0 spiro atoms. The van der Waals surface area contributed by atoms with Crippen LogP contribution in [0.5, 0.6) is 0 Å². The van der Waals surface area contributed by atoms with Gasteiger partial charge in [-0.15, -0.1) is 0 Å². The number of aryl methyl sites for hydroxylation is 1. The number of benzene rings is 1. The van der Waals surface area contributed by atoms with E-state index in [1.807, 2.05) is 19.2 Å². The molecule has 0 saturated carbocycles. The van der Waals surface area contributed by atoms with Crippen LogP contribution in [0.15, 0.2) is 53.4 Å². The van der Waals surface area contributed by atoms with Crippen LogP contribution in [0.2, 0.25) is 0 Å². The minimum Gasteiger partial charge on any atom is -0.350 e. The molecular formula is C20H16F3N5O2. The minimum atomic E-state index is -4.70. The number of hydrogen-bond acceptors (Lipinski definition) is 5. The average Bonchev–Trinajstić information content (AvgIpc) is 3.33. The van der Waals surface area contributed by atoms with Crippen molar-refractivity contribution in [3.63, 3.8) is 0 Å². The first kappa shape index (κ1) is 19.6. The first-order valence-corrected chi connectivity index (χ1v) is 8.97. The lowest BCUT2D eigenvalue weighted by atomic mass is 10.1. The van der Waals surface area contributed by atoms with Crippen LogP contribution in [0.1, 0.15) is 17.0 Å². The van der Waals surface area contributed by atoms with Crippen LogP contribution in [0.25, 0.3) is 22.3 Å². The Morgan fingerprint density at radius 3 is 2.80 bits per heavy atom. The maximum atomic E-state index is 12.7. The molecule has 1 N–H and O–H groups in total. The molecule has 4 aromatic rings. The fourth-order valence-electron chi connectivity index (χ4n) is 3.11. The zero-order valence-corrected chi connectivity index (χ0v) is 15.8. The highest BCUT2D eigenvalue weighted by Gasteiger charge is 2.38. The summed E-state index contributed by atoms with van der Waals surface area (Å²) in [6.07, 6.45) is 0.458. The molecule has 154 valence electrons. The van der Waals surface area contributed by atoms with E-state index in [-0.39, 0.29) is 18.3 Å². The lowest BCUT2D eigenvalue weighted by molar-refractivity contribution is -0.159. The summed E-state index contributed by atoms with van der Waals surface area (Å²) in [7, 11) is 0. The van der Waals surface area contributed by atoms with Crippen molar-refractivity contribution in [3.05, 3.63) is 65.9 Å². The van der Waals surface area contributed by atoms with Crippen LogP contribution in [0.3, 0.4) is 0 Å². The largest absolute Gasteiger partial charge is 0.471 e. The quantitative estimate of drug-likeness (QED) is 0.537. The van der Waals surface area contributed by atoms with E-state index in [1.54, 1.807) is 41.2 Å². The highest BCUT2D eigenvalue weighted by molar-refractivity contribution is 5.89. The Labute approximate surface area is 168 Å². The van der Waals surface area contributed by atoms with Crippen molar-refractivity contribution in [1.29, 1.82) is 0 Å². The normalized spacial score (nSPS) is 11.7. The molecule has 4 rings (SSSR count). The van der Waals surface area contributed by atoms with Gasteiger partial charge in [-0.3, -0.25) is 9.78 Å². The highest BCUT2D eigenvalue weighted by atomic mass is 19.4. The highest BCUT2D eigenvalue weighted by Crippen LogP contribution is 2.31. The van der Waals surface area contributed by atoms with E-state index in [0.29, 0.717) is 12.1 Å². The summed E-state index contributed by atoms with van der Waals surface area (Å²) in [6, 6.07) is 8.65. The fraction of sp³-hybridized carbons (Fsp3) is 0.200. The third-order valence-electron chi connectivity index (χ3n) is 4.53. The lowest BCUT2D eigenvalue weighted by Crippen LogP contribution is -2.26. The van der Waals surface area contributed by atoms with Gasteiger partial charge in [-0.1, -0.05) is 11.2 Å². The zero-order valence-electron chi connectivity index (χ0n) is 15.8. The first-order valence-electron chi connectivity index (χ1n) is 8.97. The Kier molecular flexibility index (Phi) is 4.98. The summed E-state index contributed by atoms with van der Waals surface area (Å²) < 4.78 is 44.1. The monoisotopic (exact) mass is 415 g/mol. The summed E-state index contributed by atoms with van der Waals surface area (Å²) in [4.78, 5) is 19.8. The Morgan fingerprint density at radius 1 is 1.27 bits per heavy atom. The third kappa shape index (κ3) is 4.02. The second-order valence-electron chi connectivity index (χ2n) is 6.73. The van der Waals surface area contributed by atoms with Gasteiger partial charge in [0.25, 0.3) is 0 Å². The molecule has 0 bridgehead atoms. The number of nitrogens with zero attached hydrogens (tertiary/aromatic N) is 4. The van der Waals surface area contributed by atoms with Crippen LogP contribution < -0.4 is 5.32 Å². The summed E-state index contributed by atoms with van der Waals surface area (Å²) >= 11 is 0. The predicted molar refractivity (Wildman–Crippen MR) is 101 cm³/mol. The number of carbonyl (C=O) groups is 1. The molecule has 0 fully saturated rings. The van der Waals surface area contributed by atoms with Crippen molar-refractivity contribution in [3.8, 4) is 11.4 Å². The van der Waals surface area contributed by atoms with E-state index < -0.39 is 12.1 Å². The molecule has 0 unspecified atom stereocenters. The van der Waals surface area contributed by atoms with E-state index in [2.05, 4.69) is 25.0 Å². The summed E-state index contributed by atoms with van der Waals surface area (Å²) in [5.74, 6) is -1.71. The van der Waals surface area contributed by atoms with Gasteiger partial charge in [0.15, 0.2) is 0 Å². The Hall–Kier alpha value is -3.69. The number of alkyl halides is 3. The molecule has 10 heteroatoms. The number of rotatable bonds is 5. The van der Waals surface area contributed by atoms with Gasteiger partial charge in [0, 0.05) is 41.6 Å². The smallest absolute Gasteiger partial charge is 0.350 e. The zero-order chi connectivity index (χ0) is 21.3. The van der Waals surface area contributed by atoms with Gasteiger partial charge >= 0.3 is 12.1 Å². The molecule has 0 aliphatic rings. The molecule has 3 aromatic heterocycles. The van der Waals surface area contributed by atoms with Crippen molar-refractivity contribution < 1.29 is 22.5 Å². The van der Waals surface area contributed by atoms with Gasteiger partial charge in [-0.05, 0) is 42.3 Å².